The van der Waals surface area contributed by atoms with E-state index in [4.69, 9.17) is 4.74 Å². The summed E-state index contributed by atoms with van der Waals surface area (Å²) in [6.45, 7) is 2.98. The maximum absolute atomic E-state index is 5.74. The van der Waals surface area contributed by atoms with E-state index in [0.717, 1.165) is 23.2 Å². The zero-order chi connectivity index (χ0) is 13.9. The number of ether oxygens (including phenoxy) is 1. The maximum Gasteiger partial charge on any atom is 0.124 e. The molecule has 2 aromatic carbocycles. The van der Waals surface area contributed by atoms with Crippen molar-refractivity contribution in [2.24, 2.45) is 0 Å². The van der Waals surface area contributed by atoms with E-state index in [2.05, 4.69) is 64.6 Å². The van der Waals surface area contributed by atoms with Crippen molar-refractivity contribution in [3.8, 4) is 5.75 Å². The summed E-state index contributed by atoms with van der Waals surface area (Å²) >= 11 is 3.55. The highest BCUT2D eigenvalue weighted by Gasteiger charge is 2.23. The second-order valence-electron chi connectivity index (χ2n) is 5.17. The van der Waals surface area contributed by atoms with Crippen LogP contribution in [0, 0.1) is 0 Å². The first-order chi connectivity index (χ1) is 9.74. The fourth-order valence-electron chi connectivity index (χ4n) is 2.68. The van der Waals surface area contributed by atoms with Crippen molar-refractivity contribution in [1.82, 2.24) is 5.32 Å². The molecule has 0 aliphatic carbocycles. The molecule has 0 saturated heterocycles. The van der Waals surface area contributed by atoms with Gasteiger partial charge in [-0.3, -0.25) is 0 Å². The largest absolute Gasteiger partial charge is 0.493 e. The Kier molecular flexibility index (Phi) is 4.08. The van der Waals surface area contributed by atoms with Crippen LogP contribution in [0.4, 0.5) is 0 Å². The van der Waals surface area contributed by atoms with Crippen LogP contribution in [0.5, 0.6) is 5.75 Å². The molecule has 0 fully saturated rings. The van der Waals surface area contributed by atoms with Gasteiger partial charge in [-0.2, -0.15) is 0 Å². The van der Waals surface area contributed by atoms with Gasteiger partial charge in [0, 0.05) is 28.5 Å². The highest BCUT2D eigenvalue weighted by Crippen LogP contribution is 2.35. The van der Waals surface area contributed by atoms with Gasteiger partial charge in [0.15, 0.2) is 0 Å². The zero-order valence-corrected chi connectivity index (χ0v) is 13.1. The predicted octanol–water partition coefficient (Wildman–Crippen LogP) is 4.62. The fourth-order valence-corrected chi connectivity index (χ4v) is 3.06. The minimum absolute atomic E-state index is 0.325. The Morgan fingerprint density at radius 3 is 2.80 bits per heavy atom. The van der Waals surface area contributed by atoms with Crippen molar-refractivity contribution in [1.29, 1.82) is 0 Å². The smallest absolute Gasteiger partial charge is 0.124 e. The van der Waals surface area contributed by atoms with Crippen LogP contribution in [0.25, 0.3) is 0 Å². The number of nitrogens with one attached hydrogen (secondary N) is 1. The van der Waals surface area contributed by atoms with Crippen LogP contribution in [-0.2, 0) is 0 Å². The Labute approximate surface area is 128 Å². The predicted molar refractivity (Wildman–Crippen MR) is 85.0 cm³/mol. The molecule has 3 heteroatoms. The molecule has 0 amide bonds. The summed E-state index contributed by atoms with van der Waals surface area (Å²) in [6.07, 6.45) is 1.00. The first-order valence-corrected chi connectivity index (χ1v) is 7.76. The van der Waals surface area contributed by atoms with E-state index in [1.54, 1.807) is 0 Å². The van der Waals surface area contributed by atoms with E-state index < -0.39 is 0 Å². The first-order valence-electron chi connectivity index (χ1n) is 6.97. The Hall–Kier alpha value is -1.32. The molecule has 0 spiro atoms. The molecule has 0 radical (unpaired) electrons. The van der Waals surface area contributed by atoms with E-state index >= 15 is 0 Å². The minimum Gasteiger partial charge on any atom is -0.493 e. The molecule has 2 nitrogen and oxygen atoms in total. The molecule has 1 heterocycles. The van der Waals surface area contributed by atoms with Crippen LogP contribution in [-0.4, -0.2) is 6.61 Å². The summed E-state index contributed by atoms with van der Waals surface area (Å²) in [7, 11) is 0. The lowest BCUT2D eigenvalue weighted by Gasteiger charge is -2.29. The minimum atomic E-state index is 0.325. The molecule has 20 heavy (non-hydrogen) atoms. The van der Waals surface area contributed by atoms with Crippen LogP contribution in [0.2, 0.25) is 0 Å². The van der Waals surface area contributed by atoms with E-state index in [0.29, 0.717) is 12.1 Å². The van der Waals surface area contributed by atoms with Gasteiger partial charge in [-0.05, 0) is 30.7 Å². The van der Waals surface area contributed by atoms with Gasteiger partial charge in [0.25, 0.3) is 0 Å². The third-order valence-electron chi connectivity index (χ3n) is 3.76. The molecular formula is C17H18BrNO. The van der Waals surface area contributed by atoms with Crippen LogP contribution in [0.15, 0.2) is 53.0 Å². The van der Waals surface area contributed by atoms with Crippen molar-refractivity contribution >= 4 is 15.9 Å². The number of fused-ring (bicyclic) bond motifs is 1. The van der Waals surface area contributed by atoms with Crippen molar-refractivity contribution in [3.05, 3.63) is 64.1 Å². The summed E-state index contributed by atoms with van der Waals surface area (Å²) in [5.74, 6) is 0.997. The molecule has 2 atom stereocenters. The lowest BCUT2D eigenvalue weighted by atomic mass is 9.98. The van der Waals surface area contributed by atoms with E-state index in [1.165, 1.54) is 11.1 Å². The lowest BCUT2D eigenvalue weighted by molar-refractivity contribution is 0.246. The van der Waals surface area contributed by atoms with Crippen LogP contribution >= 0.6 is 15.9 Å². The van der Waals surface area contributed by atoms with Gasteiger partial charge in [-0.25, -0.2) is 0 Å². The number of halogens is 1. The van der Waals surface area contributed by atoms with Gasteiger partial charge in [-0.1, -0.05) is 46.3 Å². The summed E-state index contributed by atoms with van der Waals surface area (Å²) < 4.78 is 6.83. The van der Waals surface area contributed by atoms with Gasteiger partial charge in [0.05, 0.1) is 6.61 Å². The Morgan fingerprint density at radius 2 is 2.00 bits per heavy atom. The third kappa shape index (κ3) is 2.89. The molecule has 2 unspecified atom stereocenters. The zero-order valence-electron chi connectivity index (χ0n) is 11.5. The Bertz CT molecular complexity index is 585. The van der Waals surface area contributed by atoms with Crippen LogP contribution in [0.1, 0.15) is 36.6 Å². The SMILES string of the molecule is CC(NC1CCOc2ccc(Br)cc21)c1ccccc1. The monoisotopic (exact) mass is 331 g/mol. The van der Waals surface area contributed by atoms with Crippen LogP contribution in [0.3, 0.4) is 0 Å². The topological polar surface area (TPSA) is 21.3 Å². The van der Waals surface area contributed by atoms with E-state index in [1.807, 2.05) is 12.1 Å². The number of benzene rings is 2. The van der Waals surface area contributed by atoms with Gasteiger partial charge < -0.3 is 10.1 Å². The Morgan fingerprint density at radius 1 is 1.20 bits per heavy atom. The second-order valence-corrected chi connectivity index (χ2v) is 6.09. The number of hydrogen-bond donors (Lipinski definition) is 1. The summed E-state index contributed by atoms with van der Waals surface area (Å²) in [5.41, 5.74) is 2.56. The van der Waals surface area contributed by atoms with Crippen LogP contribution < -0.4 is 10.1 Å². The van der Waals surface area contributed by atoms with Crippen molar-refractivity contribution in [2.45, 2.75) is 25.4 Å². The molecule has 1 aliphatic heterocycles. The molecule has 3 rings (SSSR count). The van der Waals surface area contributed by atoms with E-state index in [9.17, 15) is 0 Å². The number of rotatable bonds is 3. The molecule has 0 bridgehead atoms. The molecular weight excluding hydrogens is 314 g/mol. The molecule has 0 aromatic heterocycles. The summed E-state index contributed by atoms with van der Waals surface area (Å²) in [6, 6.07) is 17.4. The van der Waals surface area contributed by atoms with Gasteiger partial charge in [0.2, 0.25) is 0 Å². The average molecular weight is 332 g/mol. The molecule has 1 aliphatic rings. The van der Waals surface area contributed by atoms with Gasteiger partial charge in [-0.15, -0.1) is 0 Å². The first kappa shape index (κ1) is 13.7. The highest BCUT2D eigenvalue weighted by molar-refractivity contribution is 9.10. The summed E-state index contributed by atoms with van der Waals surface area (Å²) in [4.78, 5) is 0. The van der Waals surface area contributed by atoms with Crippen molar-refractivity contribution in [2.75, 3.05) is 6.61 Å². The van der Waals surface area contributed by atoms with E-state index in [-0.39, 0.29) is 0 Å². The molecule has 0 saturated carbocycles. The standard InChI is InChI=1S/C17H18BrNO/c1-12(13-5-3-2-4-6-13)19-16-9-10-20-17-8-7-14(18)11-15(16)17/h2-8,11-12,16,19H,9-10H2,1H3. The summed E-state index contributed by atoms with van der Waals surface area (Å²) in [5, 5.41) is 3.72. The highest BCUT2D eigenvalue weighted by atomic mass is 79.9. The molecule has 104 valence electrons. The molecule has 2 aromatic rings. The molecule has 1 N–H and O–H groups in total. The number of hydrogen-bond acceptors (Lipinski definition) is 2. The quantitative estimate of drug-likeness (QED) is 0.885. The normalized spacial score (nSPS) is 19.0. The fraction of sp³-hybridized carbons (Fsp3) is 0.294. The van der Waals surface area contributed by atoms with Gasteiger partial charge >= 0.3 is 0 Å². The van der Waals surface area contributed by atoms with Crippen molar-refractivity contribution < 1.29 is 4.74 Å². The van der Waals surface area contributed by atoms with Gasteiger partial charge in [0.1, 0.15) is 5.75 Å². The maximum atomic E-state index is 5.74. The average Bonchev–Trinajstić information content (AvgIpc) is 2.49. The lowest BCUT2D eigenvalue weighted by Crippen LogP contribution is -2.29. The van der Waals surface area contributed by atoms with Crippen molar-refractivity contribution in [3.63, 3.8) is 0 Å². The third-order valence-corrected chi connectivity index (χ3v) is 4.26. The Balaban J connectivity index is 1.81. The second kappa shape index (κ2) is 5.98.